The normalized spacial score (nSPS) is 40.2. The van der Waals surface area contributed by atoms with Crippen LogP contribution in [-0.2, 0) is 33.5 Å². The summed E-state index contributed by atoms with van der Waals surface area (Å²) in [5.41, 5.74) is 0. The van der Waals surface area contributed by atoms with Gasteiger partial charge in [0.2, 0.25) is 0 Å². The number of hydrogen-bond donors (Lipinski definition) is 3. The van der Waals surface area contributed by atoms with Crippen LogP contribution < -0.4 is 0 Å². The Morgan fingerprint density at radius 1 is 0.731 bits per heavy atom. The second kappa shape index (κ2) is 7.94. The van der Waals surface area contributed by atoms with Gasteiger partial charge in [0, 0.05) is 40.4 Å². The minimum Gasteiger partial charge on any atom is -0.417 e. The highest BCUT2D eigenvalue weighted by molar-refractivity contribution is 6.90. The van der Waals surface area contributed by atoms with Crippen molar-refractivity contribution in [3.63, 3.8) is 0 Å². The molecule has 26 heavy (non-hydrogen) atoms. The first kappa shape index (κ1) is 24.9. The summed E-state index contributed by atoms with van der Waals surface area (Å²) >= 11 is 0. The Morgan fingerprint density at radius 3 is 1.65 bits per heavy atom. The maximum Gasteiger partial charge on any atom is 0.657 e. The van der Waals surface area contributed by atoms with E-state index < -0.39 is 52.6 Å². The molecule has 1 aliphatic rings. The summed E-state index contributed by atoms with van der Waals surface area (Å²) in [4.78, 5) is 30.3. The van der Waals surface area contributed by atoms with Crippen molar-refractivity contribution in [1.82, 2.24) is 0 Å². The molecule has 0 bridgehead atoms. The Balaban J connectivity index is 3.34. The molecule has 1 heterocycles. The van der Waals surface area contributed by atoms with Gasteiger partial charge in [-0.25, -0.2) is 0 Å². The first-order valence-electron chi connectivity index (χ1n) is 7.85. The summed E-state index contributed by atoms with van der Waals surface area (Å²) in [6.07, 6.45) is 0. The van der Waals surface area contributed by atoms with Crippen molar-refractivity contribution in [1.29, 1.82) is 0 Å². The first-order valence-corrected chi connectivity index (χ1v) is 21.9. The second-order valence-corrected chi connectivity index (χ2v) is 25.2. The molecular weight excluding hydrogens is 453 g/mol. The van der Waals surface area contributed by atoms with Gasteiger partial charge >= 0.3 is 44.3 Å². The topological polar surface area (TPSA) is 135 Å². The summed E-state index contributed by atoms with van der Waals surface area (Å²) in [5, 5.41) is 0. The molecule has 0 amide bonds. The van der Waals surface area contributed by atoms with Gasteiger partial charge in [-0.3, -0.25) is 0 Å². The van der Waals surface area contributed by atoms with Gasteiger partial charge in [0.05, 0.1) is 0 Å². The Kier molecular flexibility index (Phi) is 7.61. The van der Waals surface area contributed by atoms with E-state index in [0.29, 0.717) is 0 Å². The van der Waals surface area contributed by atoms with Gasteiger partial charge in [0.1, 0.15) is 0 Å². The molecule has 0 aromatic rings. The standard InChI is InChI=1S/C9H30O11Si6/c1-13-24(8)19-25(9,15-21(3,4)5)17-23(7,12)18-26(14-2,20-24)16-22(6,10)11/h10-12H,1-9H3. The minimum absolute atomic E-state index is 1.09. The monoisotopic (exact) mass is 482 g/mol. The van der Waals surface area contributed by atoms with E-state index in [9.17, 15) is 14.4 Å². The lowest BCUT2D eigenvalue weighted by Gasteiger charge is -2.46. The third kappa shape index (κ3) is 7.71. The molecule has 3 N–H and O–H groups in total. The van der Waals surface area contributed by atoms with E-state index in [1.165, 1.54) is 20.8 Å². The molecule has 4 unspecified atom stereocenters. The smallest absolute Gasteiger partial charge is 0.417 e. The van der Waals surface area contributed by atoms with Crippen molar-refractivity contribution >= 4 is 52.6 Å². The Morgan fingerprint density at radius 2 is 1.27 bits per heavy atom. The van der Waals surface area contributed by atoms with E-state index >= 15 is 0 Å². The van der Waals surface area contributed by atoms with Crippen LogP contribution in [-0.4, -0.2) is 81.2 Å². The summed E-state index contributed by atoms with van der Waals surface area (Å²) in [7, 11) is -18.8. The molecule has 0 aromatic carbocycles. The molecule has 0 spiro atoms. The van der Waals surface area contributed by atoms with Crippen molar-refractivity contribution in [3.8, 4) is 0 Å². The van der Waals surface area contributed by atoms with Crippen LogP contribution in [0.4, 0.5) is 0 Å². The summed E-state index contributed by atoms with van der Waals surface area (Å²) in [6, 6.07) is 0. The maximum atomic E-state index is 10.7. The highest BCUT2D eigenvalue weighted by Crippen LogP contribution is 2.33. The third-order valence-corrected chi connectivity index (χ3v) is 21.5. The number of rotatable bonds is 6. The zero-order chi connectivity index (χ0) is 20.7. The molecule has 17 heteroatoms. The van der Waals surface area contributed by atoms with Crippen molar-refractivity contribution in [2.45, 2.75) is 45.8 Å². The third-order valence-electron chi connectivity index (χ3n) is 2.80. The Hall–Kier alpha value is 0.861. The van der Waals surface area contributed by atoms with Gasteiger partial charge in [-0.05, 0) is 19.6 Å². The average molecular weight is 483 g/mol. The van der Waals surface area contributed by atoms with Gasteiger partial charge in [-0.15, -0.1) is 0 Å². The quantitative estimate of drug-likeness (QED) is 0.438. The van der Waals surface area contributed by atoms with E-state index in [4.69, 9.17) is 33.5 Å². The molecule has 0 radical (unpaired) electrons. The minimum atomic E-state index is -4.25. The van der Waals surface area contributed by atoms with Crippen LogP contribution in [0.1, 0.15) is 0 Å². The second-order valence-electron chi connectivity index (χ2n) is 7.19. The summed E-state index contributed by atoms with van der Waals surface area (Å²) in [6.45, 7) is 11.4. The van der Waals surface area contributed by atoms with Crippen molar-refractivity contribution in [2.24, 2.45) is 0 Å². The van der Waals surface area contributed by atoms with E-state index in [2.05, 4.69) is 0 Å². The van der Waals surface area contributed by atoms with Crippen LogP contribution >= 0.6 is 0 Å². The molecule has 1 rings (SSSR count). The average Bonchev–Trinajstić information content (AvgIpc) is 2.30. The zero-order valence-electron chi connectivity index (χ0n) is 16.6. The fourth-order valence-corrected chi connectivity index (χ4v) is 23.8. The fraction of sp³-hybridized carbons (Fsp3) is 1.00. The van der Waals surface area contributed by atoms with Crippen molar-refractivity contribution in [2.75, 3.05) is 14.2 Å². The predicted molar refractivity (Wildman–Crippen MR) is 103 cm³/mol. The van der Waals surface area contributed by atoms with Crippen molar-refractivity contribution in [3.05, 3.63) is 0 Å². The maximum absolute atomic E-state index is 10.7. The van der Waals surface area contributed by atoms with E-state index in [0.717, 1.165) is 6.55 Å². The molecule has 1 aliphatic heterocycles. The lowest BCUT2D eigenvalue weighted by molar-refractivity contribution is 0.00957. The zero-order valence-corrected chi connectivity index (χ0v) is 22.6. The highest BCUT2D eigenvalue weighted by atomic mass is 28.6. The van der Waals surface area contributed by atoms with Gasteiger partial charge in [0.25, 0.3) is 0 Å². The fourth-order valence-electron chi connectivity index (χ4n) is 2.31. The van der Waals surface area contributed by atoms with Crippen LogP contribution in [0.2, 0.25) is 45.8 Å². The predicted octanol–water partition coefficient (Wildman–Crippen LogP) is -0.0854. The van der Waals surface area contributed by atoms with Crippen LogP contribution in [0.25, 0.3) is 0 Å². The van der Waals surface area contributed by atoms with Crippen LogP contribution in [0, 0.1) is 0 Å². The molecule has 156 valence electrons. The molecule has 0 aromatic heterocycles. The van der Waals surface area contributed by atoms with Crippen molar-refractivity contribution < 1.29 is 47.9 Å². The van der Waals surface area contributed by atoms with Gasteiger partial charge in [0.15, 0.2) is 8.32 Å². The van der Waals surface area contributed by atoms with E-state index in [1.807, 2.05) is 19.6 Å². The van der Waals surface area contributed by atoms with Gasteiger partial charge < -0.3 is 47.9 Å². The Labute approximate surface area is 160 Å². The lowest BCUT2D eigenvalue weighted by Crippen LogP contribution is -2.73. The summed E-state index contributed by atoms with van der Waals surface area (Å²) in [5.74, 6) is 0. The van der Waals surface area contributed by atoms with Crippen LogP contribution in [0.3, 0.4) is 0 Å². The SMILES string of the molecule is CO[Si]1(C)O[Si](C)(O[Si](C)(C)C)O[Si](C)(O)O[Si](OC)(O[Si](C)(O)O)O1. The Bertz CT molecular complexity index is 498. The highest BCUT2D eigenvalue weighted by Gasteiger charge is 2.67. The number of hydrogen-bond acceptors (Lipinski definition) is 11. The van der Waals surface area contributed by atoms with Gasteiger partial charge in [-0.1, -0.05) is 0 Å². The van der Waals surface area contributed by atoms with E-state index in [-0.39, 0.29) is 0 Å². The van der Waals surface area contributed by atoms with Gasteiger partial charge in [-0.2, -0.15) is 0 Å². The molecular formula is C9H30O11Si6. The molecule has 0 saturated carbocycles. The van der Waals surface area contributed by atoms with E-state index in [1.54, 1.807) is 13.1 Å². The molecule has 0 aliphatic carbocycles. The molecule has 11 nitrogen and oxygen atoms in total. The largest absolute Gasteiger partial charge is 0.657 e. The summed E-state index contributed by atoms with van der Waals surface area (Å²) < 4.78 is 45.3. The molecule has 4 atom stereocenters. The van der Waals surface area contributed by atoms with Crippen LogP contribution in [0.5, 0.6) is 0 Å². The van der Waals surface area contributed by atoms with Crippen LogP contribution in [0.15, 0.2) is 0 Å². The lowest BCUT2D eigenvalue weighted by atomic mass is 11.8. The first-order chi connectivity index (χ1) is 11.4. The molecule has 1 saturated heterocycles. The molecule has 1 fully saturated rings.